The second-order valence-electron chi connectivity index (χ2n) is 6.88. The molecule has 2 amide bonds. The van der Waals surface area contributed by atoms with Crippen LogP contribution >= 0.6 is 0 Å². The van der Waals surface area contributed by atoms with Crippen molar-refractivity contribution in [2.45, 2.75) is 58.2 Å². The van der Waals surface area contributed by atoms with E-state index in [2.05, 4.69) is 19.2 Å². The Morgan fingerprint density at radius 2 is 2.05 bits per heavy atom. The summed E-state index contributed by atoms with van der Waals surface area (Å²) in [4.78, 5) is 25.4. The maximum atomic E-state index is 12.5. The fourth-order valence-corrected chi connectivity index (χ4v) is 3.55. The minimum absolute atomic E-state index is 0.0110. The van der Waals surface area contributed by atoms with E-state index in [4.69, 9.17) is 4.74 Å². The van der Waals surface area contributed by atoms with Crippen molar-refractivity contribution in [3.05, 3.63) is 0 Å². The molecule has 6 nitrogen and oxygen atoms in total. The molecule has 1 aliphatic heterocycles. The lowest BCUT2D eigenvalue weighted by Crippen LogP contribution is -2.65. The van der Waals surface area contributed by atoms with Crippen molar-refractivity contribution in [3.63, 3.8) is 0 Å². The molecular formula is C15H26N2O4. The number of nitrogens with zero attached hydrogens (tertiary/aromatic N) is 1. The van der Waals surface area contributed by atoms with E-state index in [1.165, 1.54) is 4.90 Å². The molecule has 0 aromatic rings. The van der Waals surface area contributed by atoms with Crippen molar-refractivity contribution >= 4 is 12.0 Å². The van der Waals surface area contributed by atoms with Crippen LogP contribution in [0, 0.1) is 11.3 Å². The topological polar surface area (TPSA) is 78.9 Å². The Balaban J connectivity index is 2.01. The molecule has 2 fully saturated rings. The number of piperidine rings is 1. The Kier molecular flexibility index (Phi) is 4.46. The lowest BCUT2D eigenvalue weighted by atomic mass is 9.64. The number of ether oxygens (including phenoxy) is 1. The molecule has 0 aromatic heterocycles. The van der Waals surface area contributed by atoms with E-state index in [9.17, 15) is 14.7 Å². The molecule has 4 unspecified atom stereocenters. The van der Waals surface area contributed by atoms with Gasteiger partial charge in [-0.05, 0) is 25.2 Å². The molecule has 1 saturated carbocycles. The molecule has 1 saturated heterocycles. The Labute approximate surface area is 125 Å². The standard InChI is InChI=1S/C15H26N2O4/c1-9-6-5-7-17(12(9)13(18)19)14(20)16-10-8-11(21-4)15(10,2)3/h9-12H,5-8H2,1-4H3,(H,16,20)(H,18,19). The van der Waals surface area contributed by atoms with Gasteiger partial charge >= 0.3 is 12.0 Å². The fraction of sp³-hybridized carbons (Fsp3) is 0.867. The number of carbonyl (C=O) groups excluding carboxylic acids is 1. The van der Waals surface area contributed by atoms with Crippen LogP contribution in [0.3, 0.4) is 0 Å². The minimum atomic E-state index is -0.917. The third-order valence-electron chi connectivity index (χ3n) is 5.21. The zero-order valence-corrected chi connectivity index (χ0v) is 13.3. The first-order valence-electron chi connectivity index (χ1n) is 7.61. The van der Waals surface area contributed by atoms with Crippen molar-refractivity contribution in [1.29, 1.82) is 0 Å². The first kappa shape index (κ1) is 16.1. The number of methoxy groups -OCH3 is 1. The van der Waals surface area contributed by atoms with Gasteiger partial charge in [0.1, 0.15) is 6.04 Å². The summed E-state index contributed by atoms with van der Waals surface area (Å²) in [6, 6.07) is -0.955. The van der Waals surface area contributed by atoms with Crippen LogP contribution in [0.2, 0.25) is 0 Å². The Morgan fingerprint density at radius 1 is 1.38 bits per heavy atom. The van der Waals surface area contributed by atoms with Gasteiger partial charge in [0.15, 0.2) is 0 Å². The van der Waals surface area contributed by atoms with E-state index in [1.807, 2.05) is 6.92 Å². The number of amides is 2. The second kappa shape index (κ2) is 5.83. The predicted octanol–water partition coefficient (Wildman–Crippen LogP) is 1.69. The average molecular weight is 298 g/mol. The van der Waals surface area contributed by atoms with Crippen LogP contribution in [0.5, 0.6) is 0 Å². The lowest BCUT2D eigenvalue weighted by Gasteiger charge is -2.52. The molecule has 0 aromatic carbocycles. The highest BCUT2D eigenvalue weighted by Gasteiger charge is 2.50. The lowest BCUT2D eigenvalue weighted by molar-refractivity contribution is -0.145. The van der Waals surface area contributed by atoms with Gasteiger partial charge in [0, 0.05) is 25.1 Å². The Morgan fingerprint density at radius 3 is 2.57 bits per heavy atom. The van der Waals surface area contributed by atoms with Gasteiger partial charge in [0.2, 0.25) is 0 Å². The first-order chi connectivity index (χ1) is 9.78. The molecule has 4 atom stereocenters. The largest absolute Gasteiger partial charge is 0.480 e. The molecule has 0 spiro atoms. The molecule has 2 N–H and O–H groups in total. The summed E-state index contributed by atoms with van der Waals surface area (Å²) in [5.74, 6) is -0.928. The number of carboxylic acids is 1. The van der Waals surface area contributed by atoms with Crippen molar-refractivity contribution in [1.82, 2.24) is 10.2 Å². The minimum Gasteiger partial charge on any atom is -0.480 e. The number of nitrogens with one attached hydrogen (secondary N) is 1. The number of hydrogen-bond acceptors (Lipinski definition) is 3. The van der Waals surface area contributed by atoms with E-state index >= 15 is 0 Å². The molecule has 0 bridgehead atoms. The van der Waals surface area contributed by atoms with Crippen LogP contribution in [0.15, 0.2) is 0 Å². The summed E-state index contributed by atoms with van der Waals surface area (Å²) in [6.45, 7) is 6.52. The van der Waals surface area contributed by atoms with Crippen molar-refractivity contribution < 1.29 is 19.4 Å². The van der Waals surface area contributed by atoms with Crippen LogP contribution < -0.4 is 5.32 Å². The highest BCUT2D eigenvalue weighted by atomic mass is 16.5. The number of carbonyl (C=O) groups is 2. The van der Waals surface area contributed by atoms with Crippen molar-refractivity contribution in [2.75, 3.05) is 13.7 Å². The van der Waals surface area contributed by atoms with Gasteiger partial charge in [-0.2, -0.15) is 0 Å². The highest BCUT2D eigenvalue weighted by molar-refractivity contribution is 5.83. The Hall–Kier alpha value is -1.30. The van der Waals surface area contributed by atoms with Gasteiger partial charge < -0.3 is 20.1 Å². The molecule has 0 radical (unpaired) electrons. The number of rotatable bonds is 3. The summed E-state index contributed by atoms with van der Waals surface area (Å²) >= 11 is 0. The SMILES string of the molecule is COC1CC(NC(=O)N2CCCC(C)C2C(=O)O)C1(C)C. The third-order valence-corrected chi connectivity index (χ3v) is 5.21. The predicted molar refractivity (Wildman–Crippen MR) is 78.0 cm³/mol. The molecule has 1 heterocycles. The normalized spacial score (nSPS) is 35.0. The first-order valence-corrected chi connectivity index (χ1v) is 7.61. The van der Waals surface area contributed by atoms with Gasteiger partial charge in [0.05, 0.1) is 6.10 Å². The van der Waals surface area contributed by atoms with Crippen LogP contribution in [0.4, 0.5) is 4.79 Å². The Bertz CT molecular complexity index is 424. The smallest absolute Gasteiger partial charge is 0.326 e. The van der Waals surface area contributed by atoms with Gasteiger partial charge in [-0.1, -0.05) is 20.8 Å². The second-order valence-corrected chi connectivity index (χ2v) is 6.88. The number of carboxylic acid groups (broad SMARTS) is 1. The third kappa shape index (κ3) is 2.86. The fourth-order valence-electron chi connectivity index (χ4n) is 3.55. The zero-order valence-electron chi connectivity index (χ0n) is 13.3. The maximum absolute atomic E-state index is 12.5. The maximum Gasteiger partial charge on any atom is 0.326 e. The number of urea groups is 1. The number of aliphatic carboxylic acids is 1. The summed E-state index contributed by atoms with van der Waals surface area (Å²) < 4.78 is 5.38. The van der Waals surface area contributed by atoms with Crippen LogP contribution in [0.1, 0.15) is 40.0 Å². The van der Waals surface area contributed by atoms with E-state index in [1.54, 1.807) is 7.11 Å². The van der Waals surface area contributed by atoms with Crippen molar-refractivity contribution in [3.8, 4) is 0 Å². The van der Waals surface area contributed by atoms with Crippen LogP contribution in [0.25, 0.3) is 0 Å². The molecule has 120 valence electrons. The van der Waals surface area contributed by atoms with Crippen LogP contribution in [-0.2, 0) is 9.53 Å². The zero-order chi connectivity index (χ0) is 15.8. The summed E-state index contributed by atoms with van der Waals surface area (Å²) in [7, 11) is 1.68. The van der Waals surface area contributed by atoms with E-state index in [0.29, 0.717) is 6.54 Å². The van der Waals surface area contributed by atoms with E-state index < -0.39 is 12.0 Å². The van der Waals surface area contributed by atoms with E-state index in [-0.39, 0.29) is 29.5 Å². The molecule has 2 aliphatic rings. The average Bonchev–Trinajstić information content (AvgIpc) is 2.41. The van der Waals surface area contributed by atoms with Crippen LogP contribution in [-0.4, -0.2) is 53.8 Å². The molecular weight excluding hydrogens is 272 g/mol. The highest BCUT2D eigenvalue weighted by Crippen LogP contribution is 2.42. The van der Waals surface area contributed by atoms with Crippen molar-refractivity contribution in [2.24, 2.45) is 11.3 Å². The summed E-state index contributed by atoms with van der Waals surface area (Å²) in [5, 5.41) is 12.4. The monoisotopic (exact) mass is 298 g/mol. The number of likely N-dealkylation sites (tertiary alicyclic amines) is 1. The van der Waals surface area contributed by atoms with Gasteiger partial charge in [-0.3, -0.25) is 0 Å². The van der Waals surface area contributed by atoms with Gasteiger partial charge in [-0.25, -0.2) is 9.59 Å². The molecule has 21 heavy (non-hydrogen) atoms. The van der Waals surface area contributed by atoms with Gasteiger partial charge in [-0.15, -0.1) is 0 Å². The molecule has 2 rings (SSSR count). The van der Waals surface area contributed by atoms with Gasteiger partial charge in [0.25, 0.3) is 0 Å². The molecule has 6 heteroatoms. The summed E-state index contributed by atoms with van der Waals surface area (Å²) in [5.41, 5.74) is -0.121. The summed E-state index contributed by atoms with van der Waals surface area (Å²) in [6.07, 6.45) is 2.61. The molecule has 1 aliphatic carbocycles. The quantitative estimate of drug-likeness (QED) is 0.831. The number of hydrogen-bond donors (Lipinski definition) is 2. The van der Waals surface area contributed by atoms with E-state index in [0.717, 1.165) is 19.3 Å².